The molecule has 0 aromatic rings. The minimum Gasteiger partial charge on any atom is -0.390 e. The van der Waals surface area contributed by atoms with Crippen molar-refractivity contribution in [1.82, 2.24) is 0 Å². The second-order valence-corrected chi connectivity index (χ2v) is 5.79. The van der Waals surface area contributed by atoms with Crippen LogP contribution in [0.1, 0.15) is 39.5 Å². The average Bonchev–Trinajstić information content (AvgIpc) is 2.69. The molecule has 2 unspecified atom stereocenters. The molecule has 0 amide bonds. The molecule has 4 heteroatoms. The predicted octanol–water partition coefficient (Wildman–Crippen LogP) is 3.17. The summed E-state index contributed by atoms with van der Waals surface area (Å²) in [4.78, 5) is 4.40. The van der Waals surface area contributed by atoms with E-state index in [1.54, 1.807) is 12.3 Å². The van der Waals surface area contributed by atoms with E-state index in [4.69, 9.17) is 0 Å². The summed E-state index contributed by atoms with van der Waals surface area (Å²) in [6.07, 6.45) is 5.51. The lowest BCUT2D eigenvalue weighted by atomic mass is 9.84. The minimum absolute atomic E-state index is 0.143. The van der Waals surface area contributed by atoms with Gasteiger partial charge in [-0.15, -0.1) is 0 Å². The van der Waals surface area contributed by atoms with Crippen LogP contribution in [-0.4, -0.2) is 27.6 Å². The summed E-state index contributed by atoms with van der Waals surface area (Å²) in [6.45, 7) is 7.72. The summed E-state index contributed by atoms with van der Waals surface area (Å²) >= 11 is 3.31. The molecule has 0 saturated heterocycles. The quantitative estimate of drug-likeness (QED) is 0.605. The first-order chi connectivity index (χ1) is 8.45. The molecule has 3 nitrogen and oxygen atoms in total. The first kappa shape index (κ1) is 15.6. The fourth-order valence-corrected chi connectivity index (χ4v) is 2.41. The Morgan fingerprint density at radius 1 is 1.67 bits per heavy atom. The molecule has 3 atom stereocenters. The van der Waals surface area contributed by atoms with E-state index in [1.807, 2.05) is 6.92 Å². The Kier molecular flexibility index (Phi) is 5.76. The van der Waals surface area contributed by atoms with Crippen molar-refractivity contribution in [2.24, 2.45) is 10.9 Å². The van der Waals surface area contributed by atoms with E-state index in [0.717, 1.165) is 17.3 Å². The standard InChI is InChI=1S/C14H22BrNO2/c1-4-10(3)13(16-9-11(15)5-2)14(18)8-6-7-12(14)17/h5,9-10,12,17-18H,2,4,6-8H2,1,3H3/b11-9+,16-13+/t10-,12?,14?/m1/s1. The Bertz CT molecular complexity index is 365. The number of nitrogens with zero attached hydrogens (tertiary/aromatic N) is 1. The van der Waals surface area contributed by atoms with Crippen LogP contribution in [-0.2, 0) is 0 Å². The Morgan fingerprint density at radius 3 is 2.78 bits per heavy atom. The van der Waals surface area contributed by atoms with Gasteiger partial charge < -0.3 is 10.2 Å². The van der Waals surface area contributed by atoms with Gasteiger partial charge in [-0.3, -0.25) is 4.99 Å². The molecule has 1 aliphatic carbocycles. The molecule has 18 heavy (non-hydrogen) atoms. The van der Waals surface area contributed by atoms with Crippen molar-refractivity contribution < 1.29 is 10.2 Å². The number of hydrogen-bond donors (Lipinski definition) is 2. The van der Waals surface area contributed by atoms with Crippen molar-refractivity contribution in [2.45, 2.75) is 51.2 Å². The van der Waals surface area contributed by atoms with Crippen LogP contribution in [0.2, 0.25) is 0 Å². The maximum Gasteiger partial charge on any atom is 0.129 e. The molecule has 0 heterocycles. The molecule has 0 aliphatic heterocycles. The summed E-state index contributed by atoms with van der Waals surface area (Å²) in [5.41, 5.74) is -0.491. The molecule has 0 aromatic heterocycles. The van der Waals surface area contributed by atoms with Gasteiger partial charge in [0.2, 0.25) is 0 Å². The molecule has 0 spiro atoms. The van der Waals surface area contributed by atoms with Crippen LogP contribution in [0.4, 0.5) is 0 Å². The van der Waals surface area contributed by atoms with Gasteiger partial charge in [-0.2, -0.15) is 0 Å². The topological polar surface area (TPSA) is 52.8 Å². The fraction of sp³-hybridized carbons (Fsp3) is 0.643. The lowest BCUT2D eigenvalue weighted by Crippen LogP contribution is -2.48. The number of halogens is 1. The Balaban J connectivity index is 3.09. The molecule has 1 rings (SSSR count). The van der Waals surface area contributed by atoms with Gasteiger partial charge in [0.05, 0.1) is 11.8 Å². The van der Waals surface area contributed by atoms with Gasteiger partial charge in [-0.05, 0) is 47.5 Å². The molecule has 102 valence electrons. The number of aliphatic imine (C=N–C) groups is 1. The van der Waals surface area contributed by atoms with Crippen LogP contribution in [0.5, 0.6) is 0 Å². The van der Waals surface area contributed by atoms with Crippen LogP contribution >= 0.6 is 15.9 Å². The smallest absolute Gasteiger partial charge is 0.129 e. The number of rotatable bonds is 5. The van der Waals surface area contributed by atoms with E-state index in [0.29, 0.717) is 18.6 Å². The van der Waals surface area contributed by atoms with Crippen molar-refractivity contribution >= 4 is 21.6 Å². The summed E-state index contributed by atoms with van der Waals surface area (Å²) < 4.78 is 0.763. The van der Waals surface area contributed by atoms with Gasteiger partial charge in [0.1, 0.15) is 5.60 Å². The van der Waals surface area contributed by atoms with Crippen molar-refractivity contribution in [1.29, 1.82) is 0 Å². The molecule has 1 fully saturated rings. The van der Waals surface area contributed by atoms with Crippen LogP contribution in [0.25, 0.3) is 0 Å². The summed E-state index contributed by atoms with van der Waals surface area (Å²) in [5.74, 6) is 0.143. The largest absolute Gasteiger partial charge is 0.390 e. The van der Waals surface area contributed by atoms with E-state index in [-0.39, 0.29) is 5.92 Å². The van der Waals surface area contributed by atoms with E-state index >= 15 is 0 Å². The van der Waals surface area contributed by atoms with Gasteiger partial charge in [-0.25, -0.2) is 0 Å². The van der Waals surface area contributed by atoms with Gasteiger partial charge in [0, 0.05) is 10.7 Å². The van der Waals surface area contributed by atoms with E-state index in [1.165, 1.54) is 0 Å². The van der Waals surface area contributed by atoms with E-state index in [9.17, 15) is 10.2 Å². The first-order valence-electron chi connectivity index (χ1n) is 6.42. The second-order valence-electron chi connectivity index (χ2n) is 4.87. The second kappa shape index (κ2) is 6.64. The number of allylic oxidation sites excluding steroid dienone is 2. The third-order valence-electron chi connectivity index (χ3n) is 3.63. The Labute approximate surface area is 117 Å². The minimum atomic E-state index is -1.17. The normalized spacial score (nSPS) is 31.5. The molecule has 1 aliphatic rings. The highest BCUT2D eigenvalue weighted by Crippen LogP contribution is 2.34. The molecule has 0 aromatic carbocycles. The summed E-state index contributed by atoms with van der Waals surface area (Å²) in [7, 11) is 0. The maximum atomic E-state index is 10.7. The SMILES string of the molecule is C=C/C(Br)=C\N=C(/[C@H](C)CC)C1(O)CCCC1O. The van der Waals surface area contributed by atoms with Crippen molar-refractivity contribution in [3.63, 3.8) is 0 Å². The third kappa shape index (κ3) is 3.31. The highest BCUT2D eigenvalue weighted by atomic mass is 79.9. The lowest BCUT2D eigenvalue weighted by Gasteiger charge is -2.31. The number of aliphatic hydroxyl groups excluding tert-OH is 1. The molecular formula is C14H22BrNO2. The number of aliphatic hydroxyl groups is 2. The van der Waals surface area contributed by atoms with E-state index in [2.05, 4.69) is 34.4 Å². The van der Waals surface area contributed by atoms with E-state index < -0.39 is 11.7 Å². The third-order valence-corrected chi connectivity index (χ3v) is 4.16. The predicted molar refractivity (Wildman–Crippen MR) is 78.9 cm³/mol. The molecular weight excluding hydrogens is 294 g/mol. The maximum absolute atomic E-state index is 10.7. The molecule has 1 saturated carbocycles. The Morgan fingerprint density at radius 2 is 2.33 bits per heavy atom. The highest BCUT2D eigenvalue weighted by Gasteiger charge is 2.45. The lowest BCUT2D eigenvalue weighted by molar-refractivity contribution is -0.00357. The van der Waals surface area contributed by atoms with Gasteiger partial charge in [0.25, 0.3) is 0 Å². The van der Waals surface area contributed by atoms with Gasteiger partial charge >= 0.3 is 0 Å². The van der Waals surface area contributed by atoms with Crippen LogP contribution in [0.3, 0.4) is 0 Å². The number of hydrogen-bond acceptors (Lipinski definition) is 3. The zero-order valence-corrected chi connectivity index (χ0v) is 12.7. The van der Waals surface area contributed by atoms with Crippen molar-refractivity contribution in [3.05, 3.63) is 23.3 Å². The fourth-order valence-electron chi connectivity index (χ4n) is 2.31. The molecule has 0 radical (unpaired) electrons. The van der Waals surface area contributed by atoms with Crippen molar-refractivity contribution in [3.8, 4) is 0 Å². The van der Waals surface area contributed by atoms with Crippen LogP contribution < -0.4 is 0 Å². The zero-order chi connectivity index (χ0) is 13.8. The van der Waals surface area contributed by atoms with Crippen LogP contribution in [0, 0.1) is 5.92 Å². The Hall–Kier alpha value is -0.450. The first-order valence-corrected chi connectivity index (χ1v) is 7.21. The van der Waals surface area contributed by atoms with Gasteiger partial charge in [0.15, 0.2) is 0 Å². The molecule has 2 N–H and O–H groups in total. The summed E-state index contributed by atoms with van der Waals surface area (Å²) in [6, 6.07) is 0. The molecule has 0 bridgehead atoms. The highest BCUT2D eigenvalue weighted by molar-refractivity contribution is 9.11. The summed E-state index contributed by atoms with van der Waals surface area (Å²) in [5, 5.41) is 20.7. The zero-order valence-electron chi connectivity index (χ0n) is 11.1. The van der Waals surface area contributed by atoms with Crippen LogP contribution in [0.15, 0.2) is 28.3 Å². The average molecular weight is 316 g/mol. The monoisotopic (exact) mass is 315 g/mol. The van der Waals surface area contributed by atoms with Crippen molar-refractivity contribution in [2.75, 3.05) is 0 Å². The van der Waals surface area contributed by atoms with Gasteiger partial charge in [-0.1, -0.05) is 26.5 Å².